The second-order valence-corrected chi connectivity index (χ2v) is 12.6. The minimum atomic E-state index is -0.0809. The first kappa shape index (κ1) is 25.9. The van der Waals surface area contributed by atoms with Crippen LogP contribution in [-0.4, -0.2) is 4.57 Å². The molecule has 0 radical (unpaired) electrons. The first-order valence-electron chi connectivity index (χ1n) is 15.7. The van der Waals surface area contributed by atoms with Crippen LogP contribution in [0, 0.1) is 0 Å². The van der Waals surface area contributed by atoms with Crippen molar-refractivity contribution in [3.05, 3.63) is 169 Å². The second-order valence-electron chi connectivity index (χ2n) is 12.6. The largest absolute Gasteiger partial charge is 0.310 e. The van der Waals surface area contributed by atoms with Crippen LogP contribution in [0.4, 0.5) is 17.1 Å². The Morgan fingerprint density at radius 2 is 1.20 bits per heavy atom. The van der Waals surface area contributed by atoms with E-state index in [9.17, 15) is 0 Å². The van der Waals surface area contributed by atoms with Gasteiger partial charge < -0.3 is 9.47 Å². The molecule has 2 heteroatoms. The van der Waals surface area contributed by atoms with Gasteiger partial charge in [0.2, 0.25) is 0 Å². The summed E-state index contributed by atoms with van der Waals surface area (Å²) in [6, 6.07) is 57.6. The standard InChI is InChI=1S/C43H32N2/c1-43(2)37-19-10-8-17-34(37)35-26-25-33(28-38(35)43)44(31-15-4-3-5-16-31)40-21-12-22-41-42(40)36-18-9-11-20-39(36)45(41)32-24-23-29-13-6-7-14-30(29)27-32/h3-28H,1-2H3. The summed E-state index contributed by atoms with van der Waals surface area (Å²) in [5.74, 6) is 0. The molecule has 9 rings (SSSR count). The zero-order valence-corrected chi connectivity index (χ0v) is 25.4. The number of rotatable bonds is 4. The maximum atomic E-state index is 2.44. The molecule has 1 aromatic heterocycles. The molecule has 0 saturated heterocycles. The van der Waals surface area contributed by atoms with Crippen molar-refractivity contribution in [2.75, 3.05) is 4.90 Å². The van der Waals surface area contributed by atoms with Crippen molar-refractivity contribution in [3.63, 3.8) is 0 Å². The van der Waals surface area contributed by atoms with Gasteiger partial charge in [-0.2, -0.15) is 0 Å². The Labute approximate surface area is 263 Å². The van der Waals surface area contributed by atoms with Gasteiger partial charge in [-0.25, -0.2) is 0 Å². The predicted octanol–water partition coefficient (Wildman–Crippen LogP) is 11.7. The molecule has 0 spiro atoms. The topological polar surface area (TPSA) is 8.17 Å². The van der Waals surface area contributed by atoms with Crippen molar-refractivity contribution in [1.29, 1.82) is 0 Å². The average Bonchev–Trinajstić information content (AvgIpc) is 3.54. The highest BCUT2D eigenvalue weighted by Crippen LogP contribution is 2.51. The van der Waals surface area contributed by atoms with Crippen LogP contribution >= 0.6 is 0 Å². The van der Waals surface area contributed by atoms with Gasteiger partial charge in [0.1, 0.15) is 0 Å². The highest BCUT2D eigenvalue weighted by Gasteiger charge is 2.36. The average molecular weight is 577 g/mol. The maximum Gasteiger partial charge on any atom is 0.0562 e. The van der Waals surface area contributed by atoms with E-state index >= 15 is 0 Å². The Kier molecular flexibility index (Phi) is 5.58. The fourth-order valence-electron chi connectivity index (χ4n) is 7.62. The summed E-state index contributed by atoms with van der Waals surface area (Å²) in [7, 11) is 0. The highest BCUT2D eigenvalue weighted by molar-refractivity contribution is 6.16. The number of hydrogen-bond acceptors (Lipinski definition) is 1. The summed E-state index contributed by atoms with van der Waals surface area (Å²) < 4.78 is 2.42. The van der Waals surface area contributed by atoms with E-state index in [1.807, 2.05) is 0 Å². The van der Waals surface area contributed by atoms with Gasteiger partial charge in [-0.3, -0.25) is 0 Å². The first-order valence-corrected chi connectivity index (χ1v) is 15.7. The van der Waals surface area contributed by atoms with Gasteiger partial charge in [0, 0.05) is 33.2 Å². The molecule has 0 amide bonds. The van der Waals surface area contributed by atoms with E-state index in [4.69, 9.17) is 0 Å². The lowest BCUT2D eigenvalue weighted by Crippen LogP contribution is -2.16. The number of fused-ring (bicyclic) bond motifs is 7. The van der Waals surface area contributed by atoms with E-state index in [2.05, 4.69) is 181 Å². The van der Waals surface area contributed by atoms with Crippen LogP contribution < -0.4 is 4.90 Å². The van der Waals surface area contributed by atoms with Crippen molar-refractivity contribution >= 4 is 49.6 Å². The van der Waals surface area contributed by atoms with E-state index in [-0.39, 0.29) is 5.41 Å². The molecule has 45 heavy (non-hydrogen) atoms. The minimum absolute atomic E-state index is 0.0809. The van der Waals surface area contributed by atoms with E-state index in [0.29, 0.717) is 0 Å². The zero-order valence-electron chi connectivity index (χ0n) is 25.4. The fraction of sp³-hybridized carbons (Fsp3) is 0.0698. The Morgan fingerprint density at radius 1 is 0.489 bits per heavy atom. The quantitative estimate of drug-likeness (QED) is 0.202. The van der Waals surface area contributed by atoms with Gasteiger partial charge >= 0.3 is 0 Å². The van der Waals surface area contributed by atoms with Crippen molar-refractivity contribution in [3.8, 4) is 16.8 Å². The molecule has 0 N–H and O–H groups in total. The Balaban J connectivity index is 1.32. The summed E-state index contributed by atoms with van der Waals surface area (Å²) in [4.78, 5) is 2.44. The zero-order chi connectivity index (χ0) is 30.1. The lowest BCUT2D eigenvalue weighted by molar-refractivity contribution is 0.660. The fourth-order valence-corrected chi connectivity index (χ4v) is 7.62. The molecule has 2 nitrogen and oxygen atoms in total. The molecule has 1 aliphatic carbocycles. The molecule has 0 aliphatic heterocycles. The van der Waals surface area contributed by atoms with Gasteiger partial charge in [0.05, 0.1) is 16.7 Å². The van der Waals surface area contributed by atoms with Crippen molar-refractivity contribution in [2.24, 2.45) is 0 Å². The maximum absolute atomic E-state index is 2.44. The number of nitrogens with zero attached hydrogens (tertiary/aromatic N) is 2. The number of aromatic nitrogens is 1. The van der Waals surface area contributed by atoms with Gasteiger partial charge in [-0.15, -0.1) is 0 Å². The van der Waals surface area contributed by atoms with Crippen LogP contribution in [0.3, 0.4) is 0 Å². The molecule has 214 valence electrons. The van der Waals surface area contributed by atoms with Crippen molar-refractivity contribution in [2.45, 2.75) is 19.3 Å². The predicted molar refractivity (Wildman–Crippen MR) is 191 cm³/mol. The lowest BCUT2D eigenvalue weighted by atomic mass is 9.82. The van der Waals surface area contributed by atoms with Gasteiger partial charge in [-0.1, -0.05) is 117 Å². The van der Waals surface area contributed by atoms with Crippen LogP contribution in [0.15, 0.2) is 158 Å². The molecule has 7 aromatic carbocycles. The Bertz CT molecular complexity index is 2410. The molecular formula is C43H32N2. The summed E-state index contributed by atoms with van der Waals surface area (Å²) in [5, 5.41) is 4.98. The number of hydrogen-bond donors (Lipinski definition) is 0. The third kappa shape index (κ3) is 3.82. The van der Waals surface area contributed by atoms with E-state index in [0.717, 1.165) is 11.4 Å². The molecule has 0 saturated carbocycles. The Morgan fingerprint density at radius 3 is 2.09 bits per heavy atom. The van der Waals surface area contributed by atoms with Crippen molar-refractivity contribution < 1.29 is 0 Å². The van der Waals surface area contributed by atoms with Crippen LogP contribution in [0.5, 0.6) is 0 Å². The van der Waals surface area contributed by atoms with Crippen LogP contribution in [0.2, 0.25) is 0 Å². The van der Waals surface area contributed by atoms with E-state index < -0.39 is 0 Å². The van der Waals surface area contributed by atoms with Gasteiger partial charge in [0.15, 0.2) is 0 Å². The molecule has 1 heterocycles. The molecule has 1 aliphatic rings. The lowest BCUT2D eigenvalue weighted by Gasteiger charge is -2.28. The third-order valence-corrected chi connectivity index (χ3v) is 9.75. The smallest absolute Gasteiger partial charge is 0.0562 e. The minimum Gasteiger partial charge on any atom is -0.310 e. The second kappa shape index (κ2) is 9.70. The monoisotopic (exact) mass is 576 g/mol. The summed E-state index contributed by atoms with van der Waals surface area (Å²) in [6.07, 6.45) is 0. The first-order chi connectivity index (χ1) is 22.1. The van der Waals surface area contributed by atoms with Gasteiger partial charge in [-0.05, 0) is 87.6 Å². The summed E-state index contributed by atoms with van der Waals surface area (Å²) in [5.41, 5.74) is 12.4. The molecule has 0 unspecified atom stereocenters. The van der Waals surface area contributed by atoms with Crippen LogP contribution in [-0.2, 0) is 5.41 Å². The molecule has 8 aromatic rings. The van der Waals surface area contributed by atoms with E-state index in [1.165, 1.54) is 66.2 Å². The van der Waals surface area contributed by atoms with E-state index in [1.54, 1.807) is 0 Å². The number of para-hydroxylation sites is 2. The molecule has 0 atom stereocenters. The van der Waals surface area contributed by atoms with Crippen LogP contribution in [0.25, 0.3) is 49.4 Å². The van der Waals surface area contributed by atoms with Crippen molar-refractivity contribution in [1.82, 2.24) is 4.57 Å². The molecular weight excluding hydrogens is 544 g/mol. The molecule has 0 bridgehead atoms. The third-order valence-electron chi connectivity index (χ3n) is 9.75. The summed E-state index contributed by atoms with van der Waals surface area (Å²) >= 11 is 0. The summed E-state index contributed by atoms with van der Waals surface area (Å²) in [6.45, 7) is 4.71. The number of anilines is 3. The normalized spacial score (nSPS) is 13.3. The Hall–Kier alpha value is -5.60. The van der Waals surface area contributed by atoms with Gasteiger partial charge in [0.25, 0.3) is 0 Å². The SMILES string of the molecule is CC1(C)c2ccccc2-c2ccc(N(c3ccccc3)c3cccc4c3c3ccccc3n4-c3ccc4ccccc4c3)cc21. The number of benzene rings is 7. The van der Waals surface area contributed by atoms with Crippen LogP contribution in [0.1, 0.15) is 25.0 Å². The molecule has 0 fully saturated rings. The highest BCUT2D eigenvalue weighted by atomic mass is 15.1.